The number of rotatable bonds is 4. The largest absolute Gasteiger partial charge is 0.573 e. The average Bonchev–Trinajstić information content (AvgIpc) is 2.77. The summed E-state index contributed by atoms with van der Waals surface area (Å²) in [6.45, 7) is 3.73. The summed E-state index contributed by atoms with van der Waals surface area (Å²) < 4.78 is 39.8. The highest BCUT2D eigenvalue weighted by atomic mass is 19.4. The number of aromatic nitrogens is 2. The standard InChI is InChI=1S/C13H12F3N2O/c1-2-3-12-17-8-11(18-12)9-4-6-10(7-5-9)19-13(14,15)16/h4-8H,1-3H2,(H,17,18). The third-order valence-electron chi connectivity index (χ3n) is 2.43. The van der Waals surface area contributed by atoms with Gasteiger partial charge in [0.15, 0.2) is 0 Å². The van der Waals surface area contributed by atoms with Crippen LogP contribution in [0.15, 0.2) is 30.5 Å². The molecular weight excluding hydrogens is 257 g/mol. The van der Waals surface area contributed by atoms with E-state index in [-0.39, 0.29) is 5.75 Å². The van der Waals surface area contributed by atoms with Gasteiger partial charge in [0.05, 0.1) is 5.69 Å². The number of aryl methyl sites for hydroxylation is 1. The molecule has 0 saturated carbocycles. The molecule has 101 valence electrons. The Bertz CT molecular complexity index is 532. The van der Waals surface area contributed by atoms with Gasteiger partial charge < -0.3 is 9.72 Å². The van der Waals surface area contributed by atoms with E-state index in [1.54, 1.807) is 6.20 Å². The smallest absolute Gasteiger partial charge is 0.406 e. The molecule has 0 fully saturated rings. The van der Waals surface area contributed by atoms with Gasteiger partial charge in [-0.15, -0.1) is 13.2 Å². The molecule has 0 aliphatic heterocycles. The van der Waals surface area contributed by atoms with Crippen LogP contribution in [0.2, 0.25) is 0 Å². The Kier molecular flexibility index (Phi) is 3.78. The first-order chi connectivity index (χ1) is 8.98. The summed E-state index contributed by atoms with van der Waals surface area (Å²) in [7, 11) is 0. The van der Waals surface area contributed by atoms with Crippen LogP contribution >= 0.6 is 0 Å². The van der Waals surface area contributed by atoms with E-state index in [2.05, 4.69) is 21.6 Å². The van der Waals surface area contributed by atoms with E-state index in [0.717, 1.165) is 24.2 Å². The lowest BCUT2D eigenvalue weighted by Crippen LogP contribution is -2.16. The predicted octanol–water partition coefficient (Wildman–Crippen LogP) is 3.74. The van der Waals surface area contributed by atoms with Crippen LogP contribution < -0.4 is 4.74 Å². The van der Waals surface area contributed by atoms with Crippen molar-refractivity contribution in [1.82, 2.24) is 9.97 Å². The Morgan fingerprint density at radius 3 is 2.47 bits per heavy atom. The van der Waals surface area contributed by atoms with Crippen molar-refractivity contribution in [1.29, 1.82) is 0 Å². The van der Waals surface area contributed by atoms with Gasteiger partial charge in [-0.3, -0.25) is 0 Å². The van der Waals surface area contributed by atoms with Crippen molar-refractivity contribution in [3.8, 4) is 17.0 Å². The summed E-state index contributed by atoms with van der Waals surface area (Å²) >= 11 is 0. The first-order valence-corrected chi connectivity index (χ1v) is 5.67. The van der Waals surface area contributed by atoms with Gasteiger partial charge in [-0.25, -0.2) is 4.98 Å². The molecule has 0 amide bonds. The van der Waals surface area contributed by atoms with Crippen LogP contribution in [0.3, 0.4) is 0 Å². The Morgan fingerprint density at radius 1 is 1.21 bits per heavy atom. The molecule has 0 bridgehead atoms. The summed E-state index contributed by atoms with van der Waals surface area (Å²) in [5.74, 6) is 0.561. The minimum atomic E-state index is -4.67. The minimum absolute atomic E-state index is 0.246. The van der Waals surface area contributed by atoms with E-state index in [4.69, 9.17) is 0 Å². The third-order valence-corrected chi connectivity index (χ3v) is 2.43. The zero-order chi connectivity index (χ0) is 13.9. The van der Waals surface area contributed by atoms with E-state index in [9.17, 15) is 13.2 Å². The highest BCUT2D eigenvalue weighted by molar-refractivity contribution is 5.59. The summed E-state index contributed by atoms with van der Waals surface area (Å²) in [5, 5.41) is 0. The first kappa shape index (κ1) is 13.5. The highest BCUT2D eigenvalue weighted by Gasteiger charge is 2.30. The second kappa shape index (κ2) is 5.34. The normalized spacial score (nSPS) is 11.6. The predicted molar refractivity (Wildman–Crippen MR) is 64.4 cm³/mol. The van der Waals surface area contributed by atoms with Gasteiger partial charge in [-0.05, 0) is 30.7 Å². The van der Waals surface area contributed by atoms with Gasteiger partial charge in [0, 0.05) is 18.2 Å². The summed E-state index contributed by atoms with van der Waals surface area (Å²) in [6.07, 6.45) is -1.50. The molecule has 19 heavy (non-hydrogen) atoms. The van der Waals surface area contributed by atoms with Crippen molar-refractivity contribution in [3.05, 3.63) is 43.2 Å². The molecule has 2 rings (SSSR count). The van der Waals surface area contributed by atoms with Gasteiger partial charge in [0.2, 0.25) is 0 Å². The Balaban J connectivity index is 2.13. The molecule has 0 aliphatic carbocycles. The number of hydrogen-bond donors (Lipinski definition) is 1. The van der Waals surface area contributed by atoms with Crippen molar-refractivity contribution in [2.45, 2.75) is 19.2 Å². The van der Waals surface area contributed by atoms with Gasteiger partial charge in [0.25, 0.3) is 0 Å². The van der Waals surface area contributed by atoms with E-state index in [0.29, 0.717) is 5.69 Å². The average molecular weight is 269 g/mol. The molecule has 1 aromatic carbocycles. The molecule has 0 saturated heterocycles. The van der Waals surface area contributed by atoms with Gasteiger partial charge >= 0.3 is 6.36 Å². The van der Waals surface area contributed by atoms with E-state index in [1.165, 1.54) is 24.3 Å². The molecule has 3 nitrogen and oxygen atoms in total. The van der Waals surface area contributed by atoms with E-state index in [1.807, 2.05) is 0 Å². The minimum Gasteiger partial charge on any atom is -0.406 e. The lowest BCUT2D eigenvalue weighted by Gasteiger charge is -2.08. The number of alkyl halides is 3. The monoisotopic (exact) mass is 269 g/mol. The Hall–Kier alpha value is -1.98. The zero-order valence-electron chi connectivity index (χ0n) is 10.00. The fourth-order valence-corrected chi connectivity index (χ4v) is 1.63. The number of H-pyrrole nitrogens is 1. The number of aromatic amines is 1. The molecule has 6 heteroatoms. The molecule has 1 N–H and O–H groups in total. The van der Waals surface area contributed by atoms with Crippen LogP contribution in [0.4, 0.5) is 13.2 Å². The van der Waals surface area contributed by atoms with Crippen molar-refractivity contribution in [2.24, 2.45) is 0 Å². The number of ether oxygens (including phenoxy) is 1. The number of imidazole rings is 1. The van der Waals surface area contributed by atoms with Crippen molar-refractivity contribution in [3.63, 3.8) is 0 Å². The molecule has 0 unspecified atom stereocenters. The molecule has 0 atom stereocenters. The van der Waals surface area contributed by atoms with E-state index < -0.39 is 6.36 Å². The number of nitrogens with zero attached hydrogens (tertiary/aromatic N) is 1. The lowest BCUT2D eigenvalue weighted by atomic mass is 10.2. The molecule has 2 aromatic rings. The fraction of sp³-hybridized carbons (Fsp3) is 0.231. The van der Waals surface area contributed by atoms with Crippen LogP contribution in [0, 0.1) is 6.92 Å². The number of nitrogens with one attached hydrogen (secondary N) is 1. The SMILES string of the molecule is [CH2]CCc1nc(-c2ccc(OC(F)(F)F)cc2)c[nH]1. The number of halogens is 3. The molecule has 1 aromatic heterocycles. The molecule has 1 radical (unpaired) electrons. The maximum Gasteiger partial charge on any atom is 0.573 e. The van der Waals surface area contributed by atoms with Gasteiger partial charge in [-0.1, -0.05) is 6.92 Å². The van der Waals surface area contributed by atoms with Crippen LogP contribution in [0.1, 0.15) is 12.2 Å². The summed E-state index contributed by atoms with van der Waals surface area (Å²) in [6, 6.07) is 5.59. The number of benzene rings is 1. The molecule has 0 aliphatic rings. The third kappa shape index (κ3) is 3.74. The second-order valence-corrected chi connectivity index (χ2v) is 3.91. The van der Waals surface area contributed by atoms with Crippen LogP contribution in [0.25, 0.3) is 11.3 Å². The summed E-state index contributed by atoms with van der Waals surface area (Å²) in [4.78, 5) is 7.31. The van der Waals surface area contributed by atoms with E-state index >= 15 is 0 Å². The van der Waals surface area contributed by atoms with Crippen LogP contribution in [-0.4, -0.2) is 16.3 Å². The van der Waals surface area contributed by atoms with Crippen molar-refractivity contribution < 1.29 is 17.9 Å². The topological polar surface area (TPSA) is 37.9 Å². The highest BCUT2D eigenvalue weighted by Crippen LogP contribution is 2.25. The first-order valence-electron chi connectivity index (χ1n) is 5.67. The van der Waals surface area contributed by atoms with Crippen LogP contribution in [0.5, 0.6) is 5.75 Å². The van der Waals surface area contributed by atoms with Gasteiger partial charge in [-0.2, -0.15) is 0 Å². The zero-order valence-corrected chi connectivity index (χ0v) is 10.00. The lowest BCUT2D eigenvalue weighted by molar-refractivity contribution is -0.274. The molecule has 0 spiro atoms. The fourth-order valence-electron chi connectivity index (χ4n) is 1.63. The maximum absolute atomic E-state index is 12.0. The van der Waals surface area contributed by atoms with Gasteiger partial charge in [0.1, 0.15) is 11.6 Å². The van der Waals surface area contributed by atoms with Crippen molar-refractivity contribution in [2.75, 3.05) is 0 Å². The summed E-state index contributed by atoms with van der Waals surface area (Å²) in [5.41, 5.74) is 1.41. The Morgan fingerprint density at radius 2 is 1.89 bits per heavy atom. The quantitative estimate of drug-likeness (QED) is 0.918. The second-order valence-electron chi connectivity index (χ2n) is 3.91. The maximum atomic E-state index is 12.0. The molecular formula is C13H12F3N2O. The van der Waals surface area contributed by atoms with Crippen LogP contribution in [-0.2, 0) is 6.42 Å². The number of hydrogen-bond acceptors (Lipinski definition) is 2. The molecule has 1 heterocycles. The van der Waals surface area contributed by atoms with Crippen molar-refractivity contribution >= 4 is 0 Å². The Labute approximate surface area is 108 Å².